The third-order valence-electron chi connectivity index (χ3n) is 29.5. The summed E-state index contributed by atoms with van der Waals surface area (Å²) < 4.78 is 0. The van der Waals surface area contributed by atoms with Gasteiger partial charge in [0.15, 0.2) is 0 Å². The molecule has 0 aliphatic carbocycles. The van der Waals surface area contributed by atoms with E-state index in [0.29, 0.717) is 0 Å². The number of benzene rings is 8. The first-order valence-corrected chi connectivity index (χ1v) is 64.5. The van der Waals surface area contributed by atoms with Crippen molar-refractivity contribution in [3.05, 3.63) is 194 Å². The van der Waals surface area contributed by atoms with E-state index in [9.17, 15) is 0 Å². The van der Waals surface area contributed by atoms with Crippen LogP contribution in [0.3, 0.4) is 0 Å². The Balaban J connectivity index is -0.000000782. The Labute approximate surface area is 927 Å². The van der Waals surface area contributed by atoms with Crippen LogP contribution in [0, 0.1) is 0 Å². The van der Waals surface area contributed by atoms with Gasteiger partial charge in [0, 0.05) is 0 Å². The Bertz CT molecular complexity index is 3210. The average Bonchev–Trinajstić information content (AvgIpc) is 0.886. The molecule has 0 saturated carbocycles. The van der Waals surface area contributed by atoms with Crippen molar-refractivity contribution in [2.24, 2.45) is 0 Å². The molecule has 0 radical (unpaired) electrons. The lowest BCUT2D eigenvalue weighted by atomic mass is 10.0. The van der Waals surface area contributed by atoms with Crippen molar-refractivity contribution in [2.75, 3.05) is 162 Å². The molecule has 8 nitrogen and oxygen atoms in total. The predicted molar refractivity (Wildman–Crippen MR) is 677 cm³/mol. The quantitative estimate of drug-likeness (QED) is 0.0175. The van der Waals surface area contributed by atoms with Crippen LogP contribution in [0.5, 0.6) is 0 Å². The molecule has 0 aliphatic rings. The molecule has 5 atom stereocenters. The van der Waals surface area contributed by atoms with Gasteiger partial charge >= 0.3 is 0 Å². The minimum absolute atomic E-state index is 1.22. The SMILES string of the molecule is CCCCCCCCCCCCCCCC[NH+](C)C.CCCCCCCCCCCCCCCC[NH+](C)CC.CCCCCCCCCCCCCCCC[NH+](C)CCC.CCCCCCCCCCCCCCCC[NH+](C)CCCC.CCCC[NH+](C)CC.CCC[NH+](C)CC.CC[NH+](C)C.CC[NH+](C)CC.c1ccc2ccccc2c1.c1ccc2ccccc2c1.c1ccc2ccccc2c1.c1ccc2ccccc2c1. The second-order valence-electron chi connectivity index (χ2n) is 44.8. The molecule has 8 N–H and O–H groups in total. The van der Waals surface area contributed by atoms with Crippen LogP contribution in [0.2, 0.25) is 0 Å². The highest BCUT2D eigenvalue weighted by Gasteiger charge is 2.06. The molecule has 8 rings (SSSR count). The topological polar surface area (TPSA) is 35.5 Å². The summed E-state index contributed by atoms with van der Waals surface area (Å²) in [6.45, 7) is 49.9. The molecule has 0 fully saturated rings. The van der Waals surface area contributed by atoms with Crippen LogP contribution >= 0.6 is 0 Å². The molecule has 8 aromatic carbocycles. The molecule has 0 aromatic heterocycles. The monoisotopic (exact) mass is 2060 g/mol. The van der Waals surface area contributed by atoms with Crippen LogP contribution in [0.4, 0.5) is 0 Å². The first kappa shape index (κ1) is 149. The Morgan fingerprint density at radius 3 is 0.365 bits per heavy atom. The second-order valence-corrected chi connectivity index (χ2v) is 44.8. The van der Waals surface area contributed by atoms with E-state index in [4.69, 9.17) is 0 Å². The maximum absolute atomic E-state index is 2.36. The molecule has 0 saturated heterocycles. The highest BCUT2D eigenvalue weighted by Crippen LogP contribution is 2.20. The van der Waals surface area contributed by atoms with Crippen LogP contribution in [-0.2, 0) is 0 Å². The van der Waals surface area contributed by atoms with Crippen LogP contribution in [0.25, 0.3) is 43.1 Å². The van der Waals surface area contributed by atoms with Gasteiger partial charge in [0.1, 0.15) is 0 Å². The number of rotatable bonds is 76. The first-order valence-electron chi connectivity index (χ1n) is 64.5. The van der Waals surface area contributed by atoms with E-state index in [0.717, 1.165) is 0 Å². The van der Waals surface area contributed by atoms with Crippen molar-refractivity contribution < 1.29 is 39.2 Å². The number of nitrogens with one attached hydrogen (secondary N) is 8. The zero-order valence-corrected chi connectivity index (χ0v) is 104. The summed E-state index contributed by atoms with van der Waals surface area (Å²) in [4.78, 5) is 13.1. The maximum atomic E-state index is 2.36. The summed E-state index contributed by atoms with van der Waals surface area (Å²) >= 11 is 0. The minimum Gasteiger partial charge on any atom is -0.340 e. The van der Waals surface area contributed by atoms with Crippen molar-refractivity contribution in [2.45, 2.75) is 495 Å². The fourth-order valence-electron chi connectivity index (χ4n) is 17.9. The predicted octanol–water partition coefficient (Wildman–Crippen LogP) is 31.1. The molecule has 0 heterocycles. The molecule has 0 aliphatic heterocycles. The Kier molecular flexibility index (Phi) is 124. The van der Waals surface area contributed by atoms with Gasteiger partial charge in [0.05, 0.1) is 162 Å². The highest BCUT2D eigenvalue weighted by atomic mass is 15.1. The van der Waals surface area contributed by atoms with Gasteiger partial charge in [-0.15, -0.1) is 0 Å². The molecule has 8 aromatic rings. The van der Waals surface area contributed by atoms with Crippen molar-refractivity contribution >= 4 is 43.1 Å². The summed E-state index contributed by atoms with van der Waals surface area (Å²) in [6, 6.07) is 66.9. The lowest BCUT2D eigenvalue weighted by Crippen LogP contribution is -3.09. The summed E-state index contributed by atoms with van der Waals surface area (Å²) in [5.74, 6) is 0. The van der Waals surface area contributed by atoms with Gasteiger partial charge in [-0.05, 0) is 162 Å². The third kappa shape index (κ3) is 112. The highest BCUT2D eigenvalue weighted by molar-refractivity contribution is 5.84. The van der Waals surface area contributed by atoms with E-state index in [1.54, 1.807) is 34.3 Å². The minimum atomic E-state index is 1.22. The number of unbranched alkanes of at least 4 members (excludes halogenated alkanes) is 54. The largest absolute Gasteiger partial charge is 0.340 e. The Morgan fingerprint density at radius 1 is 0.108 bits per heavy atom. The van der Waals surface area contributed by atoms with E-state index in [1.165, 1.54) is 538 Å². The van der Waals surface area contributed by atoms with Gasteiger partial charge < -0.3 is 39.2 Å². The number of hydrogen-bond donors (Lipinski definition) is 8. The van der Waals surface area contributed by atoms with Crippen LogP contribution in [0.1, 0.15) is 495 Å². The van der Waals surface area contributed by atoms with Gasteiger partial charge in [-0.2, -0.15) is 0 Å². The first-order chi connectivity index (χ1) is 72.3. The maximum Gasteiger partial charge on any atom is 0.0768 e. The average molecular weight is 2060 g/mol. The molecule has 0 amide bonds. The summed E-state index contributed by atoms with van der Waals surface area (Å²) in [6.07, 6.45) is 89.9. The molecular weight excluding hydrogens is 1790 g/mol. The third-order valence-corrected chi connectivity index (χ3v) is 29.5. The number of fused-ring (bicyclic) bond motifs is 4. The zero-order valence-electron chi connectivity index (χ0n) is 104. The Morgan fingerprint density at radius 2 is 0.230 bits per heavy atom. The molecular formula is C140H264N8+8. The van der Waals surface area contributed by atoms with Gasteiger partial charge in [-0.3, -0.25) is 0 Å². The van der Waals surface area contributed by atoms with Crippen molar-refractivity contribution in [1.82, 2.24) is 0 Å². The van der Waals surface area contributed by atoms with E-state index in [1.807, 2.05) is 0 Å². The Hall–Kier alpha value is -5.52. The van der Waals surface area contributed by atoms with E-state index < -0.39 is 0 Å². The summed E-state index contributed by atoms with van der Waals surface area (Å²) in [7, 11) is 22.5. The summed E-state index contributed by atoms with van der Waals surface area (Å²) in [5.41, 5.74) is 0. The van der Waals surface area contributed by atoms with Crippen molar-refractivity contribution in [1.29, 1.82) is 0 Å². The van der Waals surface area contributed by atoms with Crippen molar-refractivity contribution in [3.63, 3.8) is 0 Å². The molecule has 0 spiro atoms. The van der Waals surface area contributed by atoms with Gasteiger partial charge in [-0.25, -0.2) is 0 Å². The van der Waals surface area contributed by atoms with Gasteiger partial charge in [0.25, 0.3) is 0 Å². The van der Waals surface area contributed by atoms with E-state index in [-0.39, 0.29) is 0 Å². The van der Waals surface area contributed by atoms with Crippen molar-refractivity contribution in [3.8, 4) is 0 Å². The summed E-state index contributed by atoms with van der Waals surface area (Å²) in [5, 5.41) is 10.5. The van der Waals surface area contributed by atoms with Crippen LogP contribution < -0.4 is 39.2 Å². The van der Waals surface area contributed by atoms with Gasteiger partial charge in [0.2, 0.25) is 0 Å². The second kappa shape index (κ2) is 123. The fraction of sp³-hybridized carbons (Fsp3) is 0.714. The number of quaternary nitrogens is 8. The van der Waals surface area contributed by atoms with Crippen LogP contribution in [0.15, 0.2) is 194 Å². The van der Waals surface area contributed by atoms with E-state index >= 15 is 0 Å². The van der Waals surface area contributed by atoms with Crippen LogP contribution in [-0.4, -0.2) is 162 Å². The van der Waals surface area contributed by atoms with E-state index in [2.05, 4.69) is 362 Å². The molecule has 5 unspecified atom stereocenters. The number of hydrogen-bond acceptors (Lipinski definition) is 0. The molecule has 148 heavy (non-hydrogen) atoms. The van der Waals surface area contributed by atoms with Gasteiger partial charge in [-0.1, -0.05) is 571 Å². The molecule has 0 bridgehead atoms. The molecule has 856 valence electrons. The lowest BCUT2D eigenvalue weighted by Gasteiger charge is -2.13. The fourth-order valence-corrected chi connectivity index (χ4v) is 17.9. The lowest BCUT2D eigenvalue weighted by molar-refractivity contribution is -0.880. The normalized spacial score (nSPS) is 11.7. The standard InChI is InChI=1S/C21H45N.C20H43N.C19H41N.C18H39N.4C10H8.C7H17N.C6H15N.C5H13N.C4H11N/c1-4-6-8-9-10-11-12-13-14-15-16-17-18-19-21-22(3)20-7-5-2;1-4-6-7-8-9-10-11-12-13-14-15-16-17-18-20-21(3)19-5-2;1-4-6-7-8-9-10-11-12-13-14-15-16-17-18-19-20(3)5-2;1-4-5-6-7-8-9-10-11-12-13-14-15-16-17-18-19(2)3;4*1-2-6-10-8-4-3-7-9(10)5-1;1-4-6-7-8(3)5-2;1-4-6-7(3)5-2;1-4-6(3)5-2;1-4-5(2)3/h4-21H2,1-3H3;4-20H2,1-3H3;4-19H2,1-3H3;4-18H2,1-3H3;4*1-8H;4-7H2,1-3H3;4-6H2,1-3H3;4-5H2,1-3H3;4H2,1-3H3/p+8. The smallest absolute Gasteiger partial charge is 0.0768 e. The molecule has 8 heteroatoms. The zero-order chi connectivity index (χ0) is 110.